The molecule has 0 atom stereocenters. The summed E-state index contributed by atoms with van der Waals surface area (Å²) in [5, 5.41) is 2.86. The molecule has 4 aromatic rings. The Hall–Kier alpha value is -4.26. The van der Waals surface area contributed by atoms with Crippen LogP contribution in [0, 0.1) is 0 Å². The first-order valence-corrected chi connectivity index (χ1v) is 15.3. The highest BCUT2D eigenvalue weighted by Gasteiger charge is 2.29. The second-order valence-electron chi connectivity index (χ2n) is 8.55. The fourth-order valence-corrected chi connectivity index (χ4v) is 6.47. The van der Waals surface area contributed by atoms with Crippen molar-refractivity contribution < 1.29 is 31.1 Å². The minimum absolute atomic E-state index is 0.0336. The van der Waals surface area contributed by atoms with Gasteiger partial charge >= 0.3 is 0 Å². The highest BCUT2D eigenvalue weighted by Crippen LogP contribution is 2.35. The minimum Gasteiger partial charge on any atom is -0.497 e. The van der Waals surface area contributed by atoms with Gasteiger partial charge in [0.15, 0.2) is 0 Å². The van der Waals surface area contributed by atoms with Crippen LogP contribution >= 0.6 is 11.6 Å². The van der Waals surface area contributed by atoms with Crippen molar-refractivity contribution in [3.8, 4) is 11.5 Å². The predicted octanol–water partition coefficient (Wildman–Crippen LogP) is 4.99. The fourth-order valence-electron chi connectivity index (χ4n) is 3.80. The average molecular weight is 616 g/mol. The molecule has 0 spiro atoms. The number of benzene rings is 4. The van der Waals surface area contributed by atoms with E-state index in [1.807, 2.05) is 0 Å². The van der Waals surface area contributed by atoms with Crippen molar-refractivity contribution in [1.29, 1.82) is 0 Å². The maximum absolute atomic E-state index is 13.6. The average Bonchev–Trinajstić information content (AvgIpc) is 2.97. The van der Waals surface area contributed by atoms with Gasteiger partial charge < -0.3 is 14.8 Å². The molecular weight excluding hydrogens is 590 g/mol. The Morgan fingerprint density at radius 3 is 2.02 bits per heavy atom. The van der Waals surface area contributed by atoms with E-state index in [4.69, 9.17) is 21.1 Å². The molecule has 0 saturated heterocycles. The number of nitrogens with one attached hydrogen (secondary N) is 2. The molecule has 13 heteroatoms. The van der Waals surface area contributed by atoms with E-state index in [2.05, 4.69) is 10.0 Å². The molecule has 4 aromatic carbocycles. The number of amides is 1. The lowest BCUT2D eigenvalue weighted by molar-refractivity contribution is -0.114. The van der Waals surface area contributed by atoms with Gasteiger partial charge in [-0.1, -0.05) is 29.8 Å². The van der Waals surface area contributed by atoms with E-state index in [0.717, 1.165) is 4.31 Å². The van der Waals surface area contributed by atoms with E-state index < -0.39 is 32.5 Å². The highest BCUT2D eigenvalue weighted by atomic mass is 35.5. The Morgan fingerprint density at radius 1 is 0.780 bits per heavy atom. The maximum atomic E-state index is 13.6. The summed E-state index contributed by atoms with van der Waals surface area (Å²) in [7, 11) is -5.24. The van der Waals surface area contributed by atoms with Crippen LogP contribution in [0.3, 0.4) is 0 Å². The molecule has 0 aliphatic rings. The predicted molar refractivity (Wildman–Crippen MR) is 158 cm³/mol. The molecule has 1 amide bonds. The smallest absolute Gasteiger partial charge is 0.264 e. The van der Waals surface area contributed by atoms with Crippen molar-refractivity contribution in [2.75, 3.05) is 35.1 Å². The minimum atomic E-state index is -4.21. The Bertz CT molecular complexity index is 1730. The molecule has 214 valence electrons. The van der Waals surface area contributed by atoms with Crippen molar-refractivity contribution in [3.05, 3.63) is 102 Å². The quantitative estimate of drug-likeness (QED) is 0.243. The van der Waals surface area contributed by atoms with E-state index in [-0.39, 0.29) is 31.9 Å². The molecule has 4 rings (SSSR count). The van der Waals surface area contributed by atoms with E-state index >= 15 is 0 Å². The van der Waals surface area contributed by atoms with E-state index in [1.54, 1.807) is 42.5 Å². The lowest BCUT2D eigenvalue weighted by atomic mass is 10.3. The Morgan fingerprint density at radius 2 is 1.41 bits per heavy atom. The number of ether oxygens (including phenoxy) is 2. The summed E-state index contributed by atoms with van der Waals surface area (Å²) in [6.07, 6.45) is 0. The van der Waals surface area contributed by atoms with Crippen LogP contribution in [-0.4, -0.2) is 43.5 Å². The van der Waals surface area contributed by atoms with Crippen molar-refractivity contribution in [2.24, 2.45) is 0 Å². The van der Waals surface area contributed by atoms with Crippen LogP contribution < -0.4 is 23.8 Å². The number of hydrogen-bond acceptors (Lipinski definition) is 7. The van der Waals surface area contributed by atoms with Crippen LogP contribution in [-0.2, 0) is 24.8 Å². The first-order valence-electron chi connectivity index (χ1n) is 12.0. The summed E-state index contributed by atoms with van der Waals surface area (Å²) in [5.74, 6) is 0.0936. The third kappa shape index (κ3) is 7.09. The van der Waals surface area contributed by atoms with Gasteiger partial charge in [-0.3, -0.25) is 13.8 Å². The number of nitrogens with zero attached hydrogens (tertiary/aromatic N) is 1. The summed E-state index contributed by atoms with van der Waals surface area (Å²) >= 11 is 6.16. The van der Waals surface area contributed by atoms with Gasteiger partial charge in [-0.15, -0.1) is 0 Å². The SMILES string of the molecule is COc1ccc(NS(=O)(=O)c2ccc(NC(=O)CN(c3cc(Cl)ccc3OC)S(=O)(=O)c3ccccc3)cc2)cc1. The van der Waals surface area contributed by atoms with Gasteiger partial charge in [0, 0.05) is 16.4 Å². The van der Waals surface area contributed by atoms with Gasteiger partial charge in [0.2, 0.25) is 5.91 Å². The maximum Gasteiger partial charge on any atom is 0.264 e. The molecule has 2 N–H and O–H groups in total. The largest absolute Gasteiger partial charge is 0.497 e. The molecule has 0 aliphatic carbocycles. The fraction of sp³-hybridized carbons (Fsp3) is 0.107. The number of carbonyl (C=O) groups excluding carboxylic acids is 1. The molecule has 0 aromatic heterocycles. The van der Waals surface area contributed by atoms with Crippen LogP contribution in [0.2, 0.25) is 5.02 Å². The number of methoxy groups -OCH3 is 2. The molecule has 0 unspecified atom stereocenters. The number of halogens is 1. The summed E-state index contributed by atoms with van der Waals surface area (Å²) in [5.41, 5.74) is 0.679. The number of anilines is 3. The van der Waals surface area contributed by atoms with Crippen LogP contribution in [0.1, 0.15) is 0 Å². The first-order chi connectivity index (χ1) is 19.5. The van der Waals surface area contributed by atoms with Crippen LogP contribution in [0.15, 0.2) is 107 Å². The number of rotatable bonds is 11. The van der Waals surface area contributed by atoms with Gasteiger partial charge in [-0.05, 0) is 78.9 Å². The number of hydrogen-bond donors (Lipinski definition) is 2. The van der Waals surface area contributed by atoms with Crippen molar-refractivity contribution in [2.45, 2.75) is 9.79 Å². The monoisotopic (exact) mass is 615 g/mol. The topological polar surface area (TPSA) is 131 Å². The zero-order chi connectivity index (χ0) is 29.6. The Balaban J connectivity index is 1.55. The van der Waals surface area contributed by atoms with Gasteiger partial charge in [-0.25, -0.2) is 16.8 Å². The van der Waals surface area contributed by atoms with Crippen LogP contribution in [0.5, 0.6) is 11.5 Å². The summed E-state index contributed by atoms with van der Waals surface area (Å²) in [4.78, 5) is 13.0. The third-order valence-electron chi connectivity index (χ3n) is 5.82. The molecule has 0 bridgehead atoms. The molecule has 41 heavy (non-hydrogen) atoms. The Kier molecular flexibility index (Phi) is 9.06. The summed E-state index contributed by atoms with van der Waals surface area (Å²) in [6.45, 7) is -0.618. The number of carbonyl (C=O) groups is 1. The summed E-state index contributed by atoms with van der Waals surface area (Å²) < 4.78 is 66.6. The van der Waals surface area contributed by atoms with Crippen molar-refractivity contribution in [1.82, 2.24) is 0 Å². The van der Waals surface area contributed by atoms with Crippen LogP contribution in [0.4, 0.5) is 17.1 Å². The molecule has 0 saturated carbocycles. The standard InChI is InChI=1S/C28H26ClN3O7S2/c1-38-23-13-9-22(10-14-23)31-40(34,35)24-15-11-21(12-16-24)30-28(33)19-32(26-18-20(29)8-17-27(26)39-2)41(36,37)25-6-4-3-5-7-25/h3-18,31H,19H2,1-2H3,(H,30,33). The number of sulfonamides is 2. The molecule has 0 radical (unpaired) electrons. The summed E-state index contributed by atoms with van der Waals surface area (Å²) in [6, 6.07) is 23.9. The molecule has 0 fully saturated rings. The van der Waals surface area contributed by atoms with Crippen molar-refractivity contribution in [3.63, 3.8) is 0 Å². The highest BCUT2D eigenvalue weighted by molar-refractivity contribution is 7.93. The van der Waals surface area contributed by atoms with Gasteiger partial charge in [0.1, 0.15) is 18.0 Å². The first kappa shape index (κ1) is 29.7. The second-order valence-corrected chi connectivity index (χ2v) is 12.5. The zero-order valence-corrected chi connectivity index (χ0v) is 24.3. The normalized spacial score (nSPS) is 11.4. The molecule has 10 nitrogen and oxygen atoms in total. The molecule has 0 aliphatic heterocycles. The molecular formula is C28H26ClN3O7S2. The van der Waals surface area contributed by atoms with E-state index in [0.29, 0.717) is 11.4 Å². The Labute approximate surface area is 243 Å². The van der Waals surface area contributed by atoms with Gasteiger partial charge in [0.05, 0.1) is 29.7 Å². The van der Waals surface area contributed by atoms with Crippen LogP contribution in [0.25, 0.3) is 0 Å². The zero-order valence-electron chi connectivity index (χ0n) is 21.9. The van der Waals surface area contributed by atoms with Crippen molar-refractivity contribution >= 4 is 54.6 Å². The third-order valence-corrected chi connectivity index (χ3v) is 9.22. The van der Waals surface area contributed by atoms with E-state index in [9.17, 15) is 21.6 Å². The lowest BCUT2D eigenvalue weighted by Gasteiger charge is -2.26. The van der Waals surface area contributed by atoms with E-state index in [1.165, 1.54) is 68.8 Å². The van der Waals surface area contributed by atoms with Gasteiger partial charge in [0.25, 0.3) is 20.0 Å². The lowest BCUT2D eigenvalue weighted by Crippen LogP contribution is -2.38. The second kappa shape index (κ2) is 12.5. The molecule has 0 heterocycles. The van der Waals surface area contributed by atoms with Gasteiger partial charge in [-0.2, -0.15) is 0 Å².